The molecule has 0 fully saturated rings. The van der Waals surface area contributed by atoms with E-state index in [9.17, 15) is 4.39 Å². The molecule has 0 heterocycles. The standard InChI is InChI=1S/C25H36FN/c1-6-14-25(5,22-13-9-18(3)15-23(22)26)17-20(7-2)10-12-21-11-8-19(4)16-24(21)27/h8-9,11,13,15-16,20H,6-7,10,12,14,17,27H2,1-5H3. The van der Waals surface area contributed by atoms with E-state index in [-0.39, 0.29) is 11.2 Å². The Morgan fingerprint density at radius 1 is 1.04 bits per heavy atom. The SMILES string of the molecule is CCCC(C)(CC(CC)CCc1ccc(C)cc1N)c1ccc(C)cc1F. The Kier molecular flexibility index (Phi) is 7.47. The average Bonchev–Trinajstić information content (AvgIpc) is 2.59. The number of hydrogen-bond donors (Lipinski definition) is 1. The number of nitrogen functional groups attached to an aromatic ring is 1. The van der Waals surface area contributed by atoms with Gasteiger partial charge in [-0.05, 0) is 85.3 Å². The van der Waals surface area contributed by atoms with Crippen molar-refractivity contribution in [3.8, 4) is 0 Å². The molecule has 0 saturated carbocycles. The Hall–Kier alpha value is -1.83. The van der Waals surface area contributed by atoms with Crippen LogP contribution in [-0.2, 0) is 11.8 Å². The molecular formula is C25H36FN. The minimum atomic E-state index is -0.119. The molecule has 1 nitrogen and oxygen atoms in total. The van der Waals surface area contributed by atoms with Crippen LogP contribution in [0.1, 0.15) is 75.1 Å². The molecule has 0 aromatic heterocycles. The van der Waals surface area contributed by atoms with Crippen molar-refractivity contribution in [1.29, 1.82) is 0 Å². The molecule has 2 unspecified atom stereocenters. The number of hydrogen-bond acceptors (Lipinski definition) is 1. The zero-order valence-electron chi connectivity index (χ0n) is 17.7. The second kappa shape index (κ2) is 9.39. The highest BCUT2D eigenvalue weighted by Crippen LogP contribution is 2.39. The number of halogens is 1. The maximum absolute atomic E-state index is 14.7. The first kappa shape index (κ1) is 21.5. The van der Waals surface area contributed by atoms with Crippen molar-refractivity contribution in [3.05, 3.63) is 64.5 Å². The van der Waals surface area contributed by atoms with Crippen LogP contribution in [0.25, 0.3) is 0 Å². The summed E-state index contributed by atoms with van der Waals surface area (Å²) in [6.07, 6.45) is 6.28. The van der Waals surface area contributed by atoms with Crippen LogP contribution in [0.2, 0.25) is 0 Å². The van der Waals surface area contributed by atoms with Crippen LogP contribution in [0.15, 0.2) is 36.4 Å². The van der Waals surface area contributed by atoms with Gasteiger partial charge in [0, 0.05) is 5.69 Å². The summed E-state index contributed by atoms with van der Waals surface area (Å²) in [6.45, 7) is 10.7. The molecule has 2 heteroatoms. The van der Waals surface area contributed by atoms with Crippen LogP contribution in [0, 0.1) is 25.6 Å². The Morgan fingerprint density at radius 2 is 1.70 bits per heavy atom. The topological polar surface area (TPSA) is 26.0 Å². The van der Waals surface area contributed by atoms with E-state index < -0.39 is 0 Å². The molecule has 0 aliphatic carbocycles. The highest BCUT2D eigenvalue weighted by atomic mass is 19.1. The molecule has 2 aromatic carbocycles. The van der Waals surface area contributed by atoms with Gasteiger partial charge in [0.05, 0.1) is 0 Å². The minimum absolute atomic E-state index is 0.0522. The summed E-state index contributed by atoms with van der Waals surface area (Å²) in [6, 6.07) is 12.1. The van der Waals surface area contributed by atoms with Crippen molar-refractivity contribution < 1.29 is 4.39 Å². The smallest absolute Gasteiger partial charge is 0.127 e. The minimum Gasteiger partial charge on any atom is -0.398 e. The Morgan fingerprint density at radius 3 is 2.30 bits per heavy atom. The quantitative estimate of drug-likeness (QED) is 0.467. The number of rotatable bonds is 9. The van der Waals surface area contributed by atoms with Gasteiger partial charge in [0.15, 0.2) is 0 Å². The van der Waals surface area contributed by atoms with E-state index in [0.29, 0.717) is 5.92 Å². The van der Waals surface area contributed by atoms with Gasteiger partial charge < -0.3 is 5.73 Å². The van der Waals surface area contributed by atoms with Gasteiger partial charge in [0.1, 0.15) is 5.82 Å². The van der Waals surface area contributed by atoms with Crippen molar-refractivity contribution in [3.63, 3.8) is 0 Å². The van der Waals surface area contributed by atoms with E-state index in [4.69, 9.17) is 5.73 Å². The van der Waals surface area contributed by atoms with Gasteiger partial charge in [-0.1, -0.05) is 57.9 Å². The molecule has 0 saturated heterocycles. The Bertz CT molecular complexity index is 752. The molecule has 148 valence electrons. The Labute approximate surface area is 165 Å². The van der Waals surface area contributed by atoms with E-state index in [1.54, 1.807) is 6.07 Å². The molecule has 0 radical (unpaired) electrons. The second-order valence-electron chi connectivity index (χ2n) is 8.51. The molecule has 0 amide bonds. The van der Waals surface area contributed by atoms with Gasteiger partial charge >= 0.3 is 0 Å². The fourth-order valence-corrected chi connectivity index (χ4v) is 4.40. The van der Waals surface area contributed by atoms with Crippen molar-refractivity contribution in [1.82, 2.24) is 0 Å². The van der Waals surface area contributed by atoms with Crippen LogP contribution >= 0.6 is 0 Å². The summed E-state index contributed by atoms with van der Waals surface area (Å²) in [5.41, 5.74) is 11.3. The lowest BCUT2D eigenvalue weighted by Gasteiger charge is -2.34. The molecule has 0 spiro atoms. The third-order valence-corrected chi connectivity index (χ3v) is 6.02. The van der Waals surface area contributed by atoms with Crippen molar-refractivity contribution in [2.75, 3.05) is 5.73 Å². The predicted octanol–water partition coefficient (Wildman–Crippen LogP) is 7.13. The second-order valence-corrected chi connectivity index (χ2v) is 8.51. The summed E-state index contributed by atoms with van der Waals surface area (Å²) in [4.78, 5) is 0. The highest BCUT2D eigenvalue weighted by Gasteiger charge is 2.31. The summed E-state index contributed by atoms with van der Waals surface area (Å²) >= 11 is 0. The lowest BCUT2D eigenvalue weighted by atomic mass is 9.70. The number of anilines is 1. The van der Waals surface area contributed by atoms with Crippen molar-refractivity contribution >= 4 is 5.69 Å². The first-order chi connectivity index (χ1) is 12.8. The molecule has 2 atom stereocenters. The van der Waals surface area contributed by atoms with Gasteiger partial charge in [-0.15, -0.1) is 0 Å². The third-order valence-electron chi connectivity index (χ3n) is 6.02. The summed E-state index contributed by atoms with van der Waals surface area (Å²) in [7, 11) is 0. The van der Waals surface area contributed by atoms with Crippen LogP contribution in [0.5, 0.6) is 0 Å². The molecule has 2 aromatic rings. The van der Waals surface area contributed by atoms with E-state index in [0.717, 1.165) is 55.3 Å². The van der Waals surface area contributed by atoms with Crippen LogP contribution in [0.4, 0.5) is 10.1 Å². The number of nitrogens with two attached hydrogens (primary N) is 1. The largest absolute Gasteiger partial charge is 0.398 e. The fraction of sp³-hybridized carbons (Fsp3) is 0.520. The maximum Gasteiger partial charge on any atom is 0.127 e. The van der Waals surface area contributed by atoms with E-state index in [1.165, 1.54) is 11.1 Å². The maximum atomic E-state index is 14.7. The third kappa shape index (κ3) is 5.57. The summed E-state index contributed by atoms with van der Waals surface area (Å²) in [5, 5.41) is 0. The number of aryl methyl sites for hydroxylation is 3. The van der Waals surface area contributed by atoms with Gasteiger partial charge in [-0.2, -0.15) is 0 Å². The lowest BCUT2D eigenvalue weighted by molar-refractivity contribution is 0.289. The molecule has 27 heavy (non-hydrogen) atoms. The van der Waals surface area contributed by atoms with Crippen molar-refractivity contribution in [2.45, 2.75) is 78.6 Å². The zero-order valence-corrected chi connectivity index (χ0v) is 17.7. The Balaban J connectivity index is 2.16. The van der Waals surface area contributed by atoms with Gasteiger partial charge in [-0.25, -0.2) is 4.39 Å². The van der Waals surface area contributed by atoms with E-state index >= 15 is 0 Å². The predicted molar refractivity (Wildman–Crippen MR) is 116 cm³/mol. The fourth-order valence-electron chi connectivity index (χ4n) is 4.40. The monoisotopic (exact) mass is 369 g/mol. The lowest BCUT2D eigenvalue weighted by Crippen LogP contribution is -2.27. The van der Waals surface area contributed by atoms with E-state index in [2.05, 4.69) is 45.9 Å². The average molecular weight is 370 g/mol. The molecule has 0 aliphatic heterocycles. The first-order valence-corrected chi connectivity index (χ1v) is 10.4. The summed E-state index contributed by atoms with van der Waals surface area (Å²) < 4.78 is 14.7. The molecule has 0 aliphatic rings. The molecular weight excluding hydrogens is 333 g/mol. The summed E-state index contributed by atoms with van der Waals surface area (Å²) in [5.74, 6) is 0.506. The molecule has 2 N–H and O–H groups in total. The van der Waals surface area contributed by atoms with Gasteiger partial charge in [-0.3, -0.25) is 0 Å². The number of benzene rings is 2. The van der Waals surface area contributed by atoms with Crippen molar-refractivity contribution in [2.24, 2.45) is 5.92 Å². The van der Waals surface area contributed by atoms with Gasteiger partial charge in [0.2, 0.25) is 0 Å². The van der Waals surface area contributed by atoms with Gasteiger partial charge in [0.25, 0.3) is 0 Å². The van der Waals surface area contributed by atoms with Crippen LogP contribution in [-0.4, -0.2) is 0 Å². The van der Waals surface area contributed by atoms with E-state index in [1.807, 2.05) is 19.1 Å². The van der Waals surface area contributed by atoms with Crippen LogP contribution < -0.4 is 5.73 Å². The molecule has 0 bridgehead atoms. The normalized spacial score (nSPS) is 14.7. The molecule has 2 rings (SSSR count). The highest BCUT2D eigenvalue weighted by molar-refractivity contribution is 5.49. The zero-order chi connectivity index (χ0) is 20.0. The van der Waals surface area contributed by atoms with Crippen LogP contribution in [0.3, 0.4) is 0 Å². The first-order valence-electron chi connectivity index (χ1n) is 10.4.